The van der Waals surface area contributed by atoms with Crippen LogP contribution in [0.1, 0.15) is 189 Å². The van der Waals surface area contributed by atoms with E-state index in [0.29, 0.717) is 39.6 Å². The summed E-state index contributed by atoms with van der Waals surface area (Å²) in [6.07, 6.45) is 1.90. The summed E-state index contributed by atoms with van der Waals surface area (Å²) in [5.74, 6) is 0. The lowest BCUT2D eigenvalue weighted by Gasteiger charge is -2.38. The number of ether oxygens (including phenoxy) is 2. The van der Waals surface area contributed by atoms with E-state index in [4.69, 9.17) is 35.8 Å². The van der Waals surface area contributed by atoms with Crippen molar-refractivity contribution < 1.29 is 44.2 Å². The molecule has 86 heavy (non-hydrogen) atoms. The van der Waals surface area contributed by atoms with Gasteiger partial charge in [0.05, 0.1) is 24.7 Å². The Labute approximate surface area is 547 Å². The molecule has 528 valence electrons. The quantitative estimate of drug-likeness (QED) is 0.0358. The average molecular weight is 1340 g/mol. The molecule has 0 aliphatic rings. The SMILES string of the molecule is C.C.C.C.C.C.C.C.CC(C)(C)[Si](C)(C)OCCN(CCOCCCOCCN(CCO[Si](C)(C)C(C)(C)C)CCO[Si](C)(C)C(C)(C)C)CCO[Si](C)(C)C(C)(C)C.CCCN(CCO[Si](C)(C)C(C)(C)C)CCOS(=O)(=O)c1ccc(C)cc1. The molecule has 0 amide bonds. The summed E-state index contributed by atoms with van der Waals surface area (Å²) in [5, 5.41) is 1.04. The van der Waals surface area contributed by atoms with E-state index in [0.717, 1.165) is 97.2 Å². The Morgan fingerprint density at radius 1 is 0.349 bits per heavy atom. The fourth-order valence-corrected chi connectivity index (χ4v) is 12.5. The highest BCUT2D eigenvalue weighted by molar-refractivity contribution is 7.86. The van der Waals surface area contributed by atoms with Crippen LogP contribution in [0.15, 0.2) is 29.2 Å². The first kappa shape index (κ1) is 105. The molecule has 0 radical (unpaired) electrons. The normalized spacial score (nSPS) is 12.9. The Morgan fingerprint density at radius 2 is 0.570 bits per heavy atom. The minimum absolute atomic E-state index is 0. The molecule has 0 aliphatic carbocycles. The fourth-order valence-electron chi connectivity index (χ4n) is 6.46. The number of benzene rings is 1. The van der Waals surface area contributed by atoms with Gasteiger partial charge in [0.1, 0.15) is 0 Å². The van der Waals surface area contributed by atoms with Crippen LogP contribution in [0.4, 0.5) is 0 Å². The molecule has 0 N–H and O–H groups in total. The zero-order valence-corrected chi connectivity index (χ0v) is 61.8. The summed E-state index contributed by atoms with van der Waals surface area (Å²) in [6.45, 7) is 75.7. The van der Waals surface area contributed by atoms with Crippen molar-refractivity contribution in [2.45, 2.75) is 286 Å². The highest BCUT2D eigenvalue weighted by Gasteiger charge is 2.41. The van der Waals surface area contributed by atoms with E-state index in [-0.39, 0.29) is 96.1 Å². The van der Waals surface area contributed by atoms with Crippen molar-refractivity contribution in [1.29, 1.82) is 0 Å². The molecule has 1 rings (SSSR count). The van der Waals surface area contributed by atoms with Gasteiger partial charge in [0.2, 0.25) is 0 Å². The topological polar surface area (TPSA) is 118 Å². The molecular weight excluding hydrogens is 1180 g/mol. The van der Waals surface area contributed by atoms with E-state index >= 15 is 0 Å². The minimum Gasteiger partial charge on any atom is -0.416 e. The first-order valence-electron chi connectivity index (χ1n) is 29.7. The molecule has 0 spiro atoms. The predicted octanol–water partition coefficient (Wildman–Crippen LogP) is 19.6. The van der Waals surface area contributed by atoms with Crippen LogP contribution in [0.2, 0.25) is 90.7 Å². The average Bonchev–Trinajstić information content (AvgIpc) is 3.26. The Morgan fingerprint density at radius 3 is 0.802 bits per heavy atom. The lowest BCUT2D eigenvalue weighted by atomic mass is 10.2. The van der Waals surface area contributed by atoms with Gasteiger partial charge in [-0.2, -0.15) is 8.42 Å². The third-order valence-corrected chi connectivity index (χ3v) is 41.6. The van der Waals surface area contributed by atoms with Gasteiger partial charge >= 0.3 is 0 Å². The second-order valence-electron chi connectivity index (χ2n) is 29.2. The first-order chi connectivity index (χ1) is 35.3. The van der Waals surface area contributed by atoms with Crippen LogP contribution < -0.4 is 0 Å². The van der Waals surface area contributed by atoms with Crippen LogP contribution in [-0.2, 0) is 45.9 Å². The van der Waals surface area contributed by atoms with Crippen LogP contribution in [0, 0.1) is 6.92 Å². The van der Waals surface area contributed by atoms with Crippen molar-refractivity contribution in [3.8, 4) is 0 Å². The zero-order chi connectivity index (χ0) is 60.7. The lowest BCUT2D eigenvalue weighted by Crippen LogP contribution is -2.45. The highest BCUT2D eigenvalue weighted by atomic mass is 32.2. The fraction of sp³-hybridized carbons (Fsp3) is 0.910. The maximum absolute atomic E-state index is 12.3. The van der Waals surface area contributed by atoms with Crippen LogP contribution in [-0.4, -0.2) is 190 Å². The van der Waals surface area contributed by atoms with Gasteiger partial charge in [-0.15, -0.1) is 0 Å². The summed E-state index contributed by atoms with van der Waals surface area (Å²) < 4.78 is 74.3. The lowest BCUT2D eigenvalue weighted by molar-refractivity contribution is 0.0549. The standard InChI is InChI=1S/C39H90N2O6Si4.C20H37NO4SSi.8CH4/c1-36(2,3)48(13,14)44-32-24-40(25-33-45-49(15,16)37(4,5)6)22-30-42-28-21-29-43-31-23-41(26-34-46-50(17,18)38(7,8)9)27-35-47-51(19,20)39(10,11)12;1-8-13-21(15-17-25-27(6,7)20(3,4)5)14-16-24-26(22,23)19-11-9-18(2)10-12-19;;;;;;;;/h21-35H2,1-20H3;9-12H,8,13-17H2,1-7H3;8*1H4. The van der Waals surface area contributed by atoms with Crippen LogP contribution >= 0.6 is 0 Å². The second-order valence-corrected chi connectivity index (χ2v) is 54.9. The van der Waals surface area contributed by atoms with Crippen LogP contribution in [0.5, 0.6) is 0 Å². The smallest absolute Gasteiger partial charge is 0.297 e. The number of hydrogen-bond donors (Lipinski definition) is 0. The molecule has 0 heterocycles. The molecule has 0 unspecified atom stereocenters. The monoisotopic (exact) mass is 1340 g/mol. The summed E-state index contributed by atoms with van der Waals surface area (Å²) >= 11 is 0. The van der Waals surface area contributed by atoms with E-state index in [1.807, 2.05) is 6.92 Å². The molecule has 0 aliphatic heterocycles. The van der Waals surface area contributed by atoms with Crippen molar-refractivity contribution >= 4 is 51.7 Å². The largest absolute Gasteiger partial charge is 0.416 e. The van der Waals surface area contributed by atoms with Crippen LogP contribution in [0.25, 0.3) is 0 Å². The summed E-state index contributed by atoms with van der Waals surface area (Å²) in [5.41, 5.74) is 1.02. The van der Waals surface area contributed by atoms with E-state index in [1.165, 1.54) is 0 Å². The van der Waals surface area contributed by atoms with Gasteiger partial charge in [0.25, 0.3) is 10.1 Å². The van der Waals surface area contributed by atoms with E-state index < -0.39 is 51.7 Å². The Hall–Kier alpha value is -0.186. The van der Waals surface area contributed by atoms with Gasteiger partial charge < -0.3 is 31.6 Å². The maximum Gasteiger partial charge on any atom is 0.297 e. The number of rotatable bonds is 37. The zero-order valence-electron chi connectivity index (χ0n) is 56.0. The molecule has 0 fully saturated rings. The third-order valence-electron chi connectivity index (χ3n) is 17.6. The summed E-state index contributed by atoms with van der Waals surface area (Å²) in [6, 6.07) is 6.72. The molecule has 19 heteroatoms. The molecule has 13 nitrogen and oxygen atoms in total. The highest BCUT2D eigenvalue weighted by Crippen LogP contribution is 2.40. The van der Waals surface area contributed by atoms with Gasteiger partial charge in [0, 0.05) is 98.6 Å². The molecular formula is C67H159N3O10SSi5. The van der Waals surface area contributed by atoms with Gasteiger partial charge in [-0.25, -0.2) is 0 Å². The Bertz CT molecular complexity index is 1740. The number of hydrogen-bond acceptors (Lipinski definition) is 13. The number of aryl methyl sites for hydroxylation is 1. The maximum atomic E-state index is 12.3. The third kappa shape index (κ3) is 41.4. The van der Waals surface area contributed by atoms with Crippen molar-refractivity contribution in [1.82, 2.24) is 14.7 Å². The van der Waals surface area contributed by atoms with Crippen molar-refractivity contribution in [2.75, 3.05) is 125 Å². The molecule has 1 aromatic rings. The van der Waals surface area contributed by atoms with E-state index in [9.17, 15) is 8.42 Å². The minimum atomic E-state index is -3.70. The van der Waals surface area contributed by atoms with Gasteiger partial charge in [-0.3, -0.25) is 18.9 Å². The van der Waals surface area contributed by atoms with Crippen molar-refractivity contribution in [3.05, 3.63) is 29.8 Å². The van der Waals surface area contributed by atoms with E-state index in [1.54, 1.807) is 24.3 Å². The molecule has 0 aromatic heterocycles. The summed E-state index contributed by atoms with van der Waals surface area (Å²) in [4.78, 5) is 7.32. The molecule has 0 bridgehead atoms. The Balaban J connectivity index is -0.000000207. The van der Waals surface area contributed by atoms with Crippen LogP contribution in [0.3, 0.4) is 0 Å². The molecule has 1 aromatic carbocycles. The Kier molecular flexibility index (Phi) is 56.0. The van der Waals surface area contributed by atoms with Gasteiger partial charge in [-0.05, 0) is 129 Å². The predicted molar refractivity (Wildman–Crippen MR) is 400 cm³/mol. The molecule has 0 saturated carbocycles. The molecule has 0 saturated heterocycles. The van der Waals surface area contributed by atoms with Gasteiger partial charge in [-0.1, -0.05) is 188 Å². The summed E-state index contributed by atoms with van der Waals surface area (Å²) in [7, 11) is -12.6. The van der Waals surface area contributed by atoms with Crippen molar-refractivity contribution in [2.24, 2.45) is 0 Å². The number of nitrogens with zero attached hydrogens (tertiary/aromatic N) is 3. The first-order valence-corrected chi connectivity index (χ1v) is 45.7. The van der Waals surface area contributed by atoms with Crippen molar-refractivity contribution in [3.63, 3.8) is 0 Å². The second kappa shape index (κ2) is 46.0. The van der Waals surface area contributed by atoms with Gasteiger partial charge in [0.15, 0.2) is 41.6 Å². The molecule has 0 atom stereocenters. The van der Waals surface area contributed by atoms with E-state index in [2.05, 4.69) is 191 Å².